The van der Waals surface area contributed by atoms with Crippen LogP contribution in [0, 0.1) is 17.8 Å². The molecule has 7 heteroatoms. The van der Waals surface area contributed by atoms with E-state index in [1.165, 1.54) is 0 Å². The van der Waals surface area contributed by atoms with Gasteiger partial charge < -0.3 is 10.0 Å². The molecule has 2 heterocycles. The summed E-state index contributed by atoms with van der Waals surface area (Å²) in [6, 6.07) is 0.209. The SMILES string of the molecule is NNc1ncc(Br)c(N2CC3CC4CC3C2C4O)n1. The van der Waals surface area contributed by atoms with Gasteiger partial charge in [0.1, 0.15) is 5.82 Å². The van der Waals surface area contributed by atoms with Gasteiger partial charge in [-0.3, -0.25) is 5.43 Å². The standard InChI is InChI=1S/C12H16BrN5O/c13-8-3-15-12(17-14)16-11(8)18-4-6-1-5-2-7(6)9(18)10(5)19/h3,5-7,9-10,19H,1-2,4,14H2,(H,15,16,17). The molecule has 1 saturated heterocycles. The second kappa shape index (κ2) is 4.04. The third-order valence-electron chi connectivity index (χ3n) is 4.98. The molecule has 1 aromatic heterocycles. The number of nitrogens with zero attached hydrogens (tertiary/aromatic N) is 3. The minimum Gasteiger partial charge on any atom is -0.391 e. The number of nitrogens with two attached hydrogens (primary N) is 1. The molecule has 5 atom stereocenters. The zero-order chi connectivity index (χ0) is 13.1. The summed E-state index contributed by atoms with van der Waals surface area (Å²) in [7, 11) is 0. The molecular formula is C12H16BrN5O. The Kier molecular flexibility index (Phi) is 2.52. The van der Waals surface area contributed by atoms with Crippen LogP contribution in [0.25, 0.3) is 0 Å². The molecule has 5 unspecified atom stereocenters. The Hall–Kier alpha value is -0.920. The Balaban J connectivity index is 1.74. The Morgan fingerprint density at radius 3 is 3.00 bits per heavy atom. The molecule has 1 aromatic rings. The molecule has 2 aliphatic carbocycles. The van der Waals surface area contributed by atoms with Gasteiger partial charge in [-0.15, -0.1) is 0 Å². The summed E-state index contributed by atoms with van der Waals surface area (Å²) in [6.45, 7) is 0.975. The number of hydrogen-bond acceptors (Lipinski definition) is 6. The number of rotatable bonds is 2. The molecule has 3 aliphatic rings. The molecule has 0 aromatic carbocycles. The number of hydrogen-bond donors (Lipinski definition) is 3. The van der Waals surface area contributed by atoms with Gasteiger partial charge in [0.15, 0.2) is 0 Å². The number of anilines is 2. The highest BCUT2D eigenvalue weighted by molar-refractivity contribution is 9.10. The maximum absolute atomic E-state index is 10.4. The lowest BCUT2D eigenvalue weighted by atomic mass is 9.88. The quantitative estimate of drug-likeness (QED) is 0.549. The first-order chi connectivity index (χ1) is 9.19. The molecule has 1 aliphatic heterocycles. The van der Waals surface area contributed by atoms with Crippen LogP contribution in [-0.2, 0) is 0 Å². The summed E-state index contributed by atoms with van der Waals surface area (Å²) in [5, 5.41) is 10.4. The van der Waals surface area contributed by atoms with Gasteiger partial charge in [-0.2, -0.15) is 4.98 Å². The molecule has 102 valence electrons. The van der Waals surface area contributed by atoms with E-state index >= 15 is 0 Å². The number of aliphatic hydroxyl groups excluding tert-OH is 1. The van der Waals surface area contributed by atoms with Crippen molar-refractivity contribution >= 4 is 27.7 Å². The van der Waals surface area contributed by atoms with Gasteiger partial charge in [0.2, 0.25) is 5.95 Å². The first-order valence-electron chi connectivity index (χ1n) is 6.63. The van der Waals surface area contributed by atoms with E-state index in [9.17, 15) is 5.11 Å². The zero-order valence-electron chi connectivity index (χ0n) is 10.3. The fourth-order valence-corrected chi connectivity index (χ4v) is 4.71. The number of fused-ring (bicyclic) bond motifs is 1. The molecule has 2 bridgehead atoms. The maximum atomic E-state index is 10.4. The molecular weight excluding hydrogens is 310 g/mol. The molecule has 0 radical (unpaired) electrons. The lowest BCUT2D eigenvalue weighted by molar-refractivity contribution is 0.0965. The number of halogens is 1. The van der Waals surface area contributed by atoms with Gasteiger partial charge in [0, 0.05) is 12.7 Å². The van der Waals surface area contributed by atoms with E-state index in [0.717, 1.165) is 29.7 Å². The average Bonchev–Trinajstić information content (AvgIpc) is 3.01. The van der Waals surface area contributed by atoms with E-state index in [4.69, 9.17) is 5.84 Å². The van der Waals surface area contributed by atoms with Crippen LogP contribution in [0.3, 0.4) is 0 Å². The first-order valence-corrected chi connectivity index (χ1v) is 7.42. The van der Waals surface area contributed by atoms with Gasteiger partial charge in [0.05, 0.1) is 16.6 Å². The van der Waals surface area contributed by atoms with Crippen molar-refractivity contribution in [3.63, 3.8) is 0 Å². The zero-order valence-corrected chi connectivity index (χ0v) is 11.9. The second-order valence-electron chi connectivity index (χ2n) is 5.80. The van der Waals surface area contributed by atoms with Crippen molar-refractivity contribution in [1.82, 2.24) is 9.97 Å². The van der Waals surface area contributed by atoms with Gasteiger partial charge >= 0.3 is 0 Å². The van der Waals surface area contributed by atoms with Crippen LogP contribution in [-0.4, -0.2) is 33.8 Å². The highest BCUT2D eigenvalue weighted by atomic mass is 79.9. The van der Waals surface area contributed by atoms with Crippen molar-refractivity contribution < 1.29 is 5.11 Å². The summed E-state index contributed by atoms with van der Waals surface area (Å²) >= 11 is 3.50. The largest absolute Gasteiger partial charge is 0.391 e. The van der Waals surface area contributed by atoms with E-state index in [1.807, 2.05) is 0 Å². The van der Waals surface area contributed by atoms with E-state index in [1.54, 1.807) is 6.20 Å². The molecule has 6 nitrogen and oxygen atoms in total. The normalized spacial score (nSPS) is 39.1. The third-order valence-corrected chi connectivity index (χ3v) is 5.53. The Morgan fingerprint density at radius 1 is 1.42 bits per heavy atom. The van der Waals surface area contributed by atoms with Crippen molar-refractivity contribution in [2.45, 2.75) is 25.0 Å². The van der Waals surface area contributed by atoms with Crippen LogP contribution in [0.2, 0.25) is 0 Å². The lowest BCUT2D eigenvalue weighted by Gasteiger charge is -2.30. The summed E-state index contributed by atoms with van der Waals surface area (Å²) in [5.41, 5.74) is 2.48. The molecule has 19 heavy (non-hydrogen) atoms. The molecule has 0 amide bonds. The van der Waals surface area contributed by atoms with Crippen LogP contribution >= 0.6 is 15.9 Å². The highest BCUT2D eigenvalue weighted by Crippen LogP contribution is 2.56. The van der Waals surface area contributed by atoms with Crippen LogP contribution < -0.4 is 16.2 Å². The summed E-state index contributed by atoms with van der Waals surface area (Å²) in [4.78, 5) is 10.8. The second-order valence-corrected chi connectivity index (χ2v) is 6.65. The topological polar surface area (TPSA) is 87.3 Å². The summed E-state index contributed by atoms with van der Waals surface area (Å²) in [5.74, 6) is 8.43. The van der Waals surface area contributed by atoms with Gasteiger partial charge in [0.25, 0.3) is 0 Å². The first kappa shape index (κ1) is 11.9. The lowest BCUT2D eigenvalue weighted by Crippen LogP contribution is -2.41. The molecule has 4 N–H and O–H groups in total. The predicted octanol–water partition coefficient (Wildman–Crippen LogP) is 0.730. The summed E-state index contributed by atoms with van der Waals surface area (Å²) in [6.07, 6.45) is 3.80. The highest BCUT2D eigenvalue weighted by Gasteiger charge is 2.59. The van der Waals surface area contributed by atoms with Gasteiger partial charge in [-0.1, -0.05) is 0 Å². The van der Waals surface area contributed by atoms with E-state index in [2.05, 4.69) is 36.2 Å². The predicted molar refractivity (Wildman–Crippen MR) is 74.4 cm³/mol. The van der Waals surface area contributed by atoms with Crippen molar-refractivity contribution in [3.8, 4) is 0 Å². The minimum absolute atomic E-state index is 0.209. The fraction of sp³-hybridized carbons (Fsp3) is 0.667. The fourth-order valence-electron chi connectivity index (χ4n) is 4.29. The number of aliphatic hydroxyl groups is 1. The minimum atomic E-state index is -0.222. The number of nitrogen functional groups attached to an aromatic ring is 1. The Labute approximate surface area is 119 Å². The maximum Gasteiger partial charge on any atom is 0.239 e. The molecule has 4 rings (SSSR count). The number of aromatic nitrogens is 2. The van der Waals surface area contributed by atoms with Gasteiger partial charge in [-0.05, 0) is 46.5 Å². The third kappa shape index (κ3) is 1.55. The van der Waals surface area contributed by atoms with Crippen molar-refractivity contribution in [3.05, 3.63) is 10.7 Å². The smallest absolute Gasteiger partial charge is 0.239 e. The van der Waals surface area contributed by atoms with Crippen LogP contribution in [0.4, 0.5) is 11.8 Å². The Morgan fingerprint density at radius 2 is 2.26 bits per heavy atom. The monoisotopic (exact) mass is 325 g/mol. The van der Waals surface area contributed by atoms with Crippen LogP contribution in [0.1, 0.15) is 12.8 Å². The van der Waals surface area contributed by atoms with E-state index in [0.29, 0.717) is 23.7 Å². The van der Waals surface area contributed by atoms with Crippen LogP contribution in [0.15, 0.2) is 10.7 Å². The summed E-state index contributed by atoms with van der Waals surface area (Å²) < 4.78 is 0.850. The molecule has 0 spiro atoms. The average molecular weight is 326 g/mol. The number of hydrazine groups is 1. The van der Waals surface area contributed by atoms with Crippen molar-refractivity contribution in [2.75, 3.05) is 16.9 Å². The molecule has 2 saturated carbocycles. The van der Waals surface area contributed by atoms with Gasteiger partial charge in [-0.25, -0.2) is 10.8 Å². The number of nitrogens with one attached hydrogen (secondary N) is 1. The van der Waals surface area contributed by atoms with E-state index < -0.39 is 0 Å². The van der Waals surface area contributed by atoms with Crippen molar-refractivity contribution in [2.24, 2.45) is 23.6 Å². The molecule has 3 fully saturated rings. The van der Waals surface area contributed by atoms with E-state index in [-0.39, 0.29) is 12.1 Å². The van der Waals surface area contributed by atoms with Crippen LogP contribution in [0.5, 0.6) is 0 Å². The Bertz CT molecular complexity index is 525. The van der Waals surface area contributed by atoms with Crippen molar-refractivity contribution in [1.29, 1.82) is 0 Å².